The summed E-state index contributed by atoms with van der Waals surface area (Å²) >= 11 is 0. The molecule has 1 atom stereocenters. The number of para-hydroxylation sites is 1. The number of hydrogen-bond donors (Lipinski definition) is 2. The van der Waals surface area contributed by atoms with Gasteiger partial charge in [0.1, 0.15) is 0 Å². The van der Waals surface area contributed by atoms with E-state index in [4.69, 9.17) is 5.11 Å². The van der Waals surface area contributed by atoms with Crippen LogP contribution in [0.1, 0.15) is 36.9 Å². The predicted octanol–water partition coefficient (Wildman–Crippen LogP) is 5.91. The van der Waals surface area contributed by atoms with Crippen LogP contribution in [-0.4, -0.2) is 22.9 Å². The van der Waals surface area contributed by atoms with Crippen LogP contribution in [0.4, 0.5) is 10.5 Å². The minimum atomic E-state index is -0.966. The third kappa shape index (κ3) is 4.84. The van der Waals surface area contributed by atoms with E-state index in [2.05, 4.69) is 6.92 Å². The van der Waals surface area contributed by atoms with Gasteiger partial charge in [0.05, 0.1) is 11.7 Å². The van der Waals surface area contributed by atoms with Gasteiger partial charge in [0, 0.05) is 12.2 Å². The lowest BCUT2D eigenvalue weighted by atomic mass is 9.96. The number of carboxylic acid groups (broad SMARTS) is 1. The zero-order valence-corrected chi connectivity index (χ0v) is 16.7. The molecule has 0 saturated carbocycles. The van der Waals surface area contributed by atoms with Gasteiger partial charge >= 0.3 is 6.09 Å². The van der Waals surface area contributed by atoms with Crippen molar-refractivity contribution in [2.75, 3.05) is 11.5 Å². The highest BCUT2D eigenvalue weighted by Crippen LogP contribution is 2.37. The van der Waals surface area contributed by atoms with Gasteiger partial charge in [-0.15, -0.1) is 0 Å². The second-order valence-electron chi connectivity index (χ2n) is 7.06. The van der Waals surface area contributed by atoms with Crippen molar-refractivity contribution in [1.82, 2.24) is 0 Å². The van der Waals surface area contributed by atoms with Crippen molar-refractivity contribution in [1.29, 1.82) is 0 Å². The van der Waals surface area contributed by atoms with Gasteiger partial charge in [0.25, 0.3) is 0 Å². The van der Waals surface area contributed by atoms with Crippen LogP contribution >= 0.6 is 0 Å². The molecule has 2 N–H and O–H groups in total. The molecule has 0 saturated heterocycles. The lowest BCUT2D eigenvalue weighted by Gasteiger charge is -2.31. The lowest BCUT2D eigenvalue weighted by Crippen LogP contribution is -2.34. The topological polar surface area (TPSA) is 60.8 Å². The van der Waals surface area contributed by atoms with E-state index in [1.807, 2.05) is 78.9 Å². The third-order valence-electron chi connectivity index (χ3n) is 5.09. The smallest absolute Gasteiger partial charge is 0.412 e. The van der Waals surface area contributed by atoms with E-state index in [9.17, 15) is 9.90 Å². The summed E-state index contributed by atoms with van der Waals surface area (Å²) in [5.41, 5.74) is 4.57. The summed E-state index contributed by atoms with van der Waals surface area (Å²) in [6.45, 7) is 2.17. The molecule has 0 spiro atoms. The second kappa shape index (κ2) is 9.89. The Bertz CT molecular complexity index is 922. The molecular formula is C25H27NO3. The number of anilines is 1. The van der Waals surface area contributed by atoms with Gasteiger partial charge in [-0.2, -0.15) is 0 Å². The maximum Gasteiger partial charge on any atom is 0.412 e. The minimum Gasteiger partial charge on any atom is -0.465 e. The Morgan fingerprint density at radius 2 is 1.59 bits per heavy atom. The fourth-order valence-electron chi connectivity index (χ4n) is 3.70. The lowest BCUT2D eigenvalue weighted by molar-refractivity contribution is 0.198. The molecule has 150 valence electrons. The molecule has 0 radical (unpaired) electrons. The zero-order chi connectivity index (χ0) is 20.6. The summed E-state index contributed by atoms with van der Waals surface area (Å²) in [7, 11) is 0. The average molecular weight is 389 g/mol. The summed E-state index contributed by atoms with van der Waals surface area (Å²) in [5, 5.41) is 19.3. The van der Waals surface area contributed by atoms with Gasteiger partial charge in [0.2, 0.25) is 0 Å². The maximum absolute atomic E-state index is 12.4. The molecule has 0 aromatic heterocycles. The van der Waals surface area contributed by atoms with Gasteiger partial charge < -0.3 is 10.2 Å². The Balaban J connectivity index is 2.07. The second-order valence-corrected chi connectivity index (χ2v) is 7.06. The number of carbonyl (C=O) groups is 1. The molecule has 0 aliphatic rings. The molecule has 3 aromatic carbocycles. The first kappa shape index (κ1) is 20.6. The van der Waals surface area contributed by atoms with Crippen LogP contribution in [0.3, 0.4) is 0 Å². The average Bonchev–Trinajstić information content (AvgIpc) is 2.75. The summed E-state index contributed by atoms with van der Waals surface area (Å²) in [5.74, 6) is 0. The number of aliphatic hydroxyl groups is 1. The van der Waals surface area contributed by atoms with E-state index in [0.717, 1.165) is 35.1 Å². The van der Waals surface area contributed by atoms with Crippen LogP contribution in [0.2, 0.25) is 0 Å². The fourth-order valence-corrected chi connectivity index (χ4v) is 3.70. The van der Waals surface area contributed by atoms with Gasteiger partial charge in [-0.3, -0.25) is 4.90 Å². The Labute approximate surface area is 172 Å². The molecule has 3 rings (SSSR count). The Morgan fingerprint density at radius 3 is 2.21 bits per heavy atom. The van der Waals surface area contributed by atoms with E-state index in [0.29, 0.717) is 12.1 Å². The van der Waals surface area contributed by atoms with Crippen molar-refractivity contribution in [3.63, 3.8) is 0 Å². The summed E-state index contributed by atoms with van der Waals surface area (Å²) in [6, 6.07) is 25.1. The molecule has 0 fully saturated rings. The standard InChI is InChI=1S/C25H27NO3/c1-2-8-23(21-15-13-19(14-16-21)17-18-27)26(25(28)29)24-12-7-6-11-22(24)20-9-4-3-5-10-20/h3-7,9-16,23,27H,2,8,17-18H2,1H3,(H,28,29). The number of aliphatic hydroxyl groups excluding tert-OH is 1. The Morgan fingerprint density at radius 1 is 0.931 bits per heavy atom. The number of nitrogens with zero attached hydrogens (tertiary/aromatic N) is 1. The molecular weight excluding hydrogens is 362 g/mol. The molecule has 3 aromatic rings. The summed E-state index contributed by atoms with van der Waals surface area (Å²) in [6.07, 6.45) is 1.21. The highest BCUT2D eigenvalue weighted by Gasteiger charge is 2.28. The fraction of sp³-hybridized carbons (Fsp3) is 0.240. The summed E-state index contributed by atoms with van der Waals surface area (Å²) < 4.78 is 0. The minimum absolute atomic E-state index is 0.101. The van der Waals surface area contributed by atoms with Crippen LogP contribution in [0, 0.1) is 0 Å². The van der Waals surface area contributed by atoms with Crippen molar-refractivity contribution in [3.8, 4) is 11.1 Å². The van der Waals surface area contributed by atoms with Crippen LogP contribution in [0.5, 0.6) is 0 Å². The van der Waals surface area contributed by atoms with Crippen molar-refractivity contribution in [2.24, 2.45) is 0 Å². The Kier molecular flexibility index (Phi) is 7.04. The van der Waals surface area contributed by atoms with Gasteiger partial charge in [-0.1, -0.05) is 86.1 Å². The first-order chi connectivity index (χ1) is 14.2. The monoisotopic (exact) mass is 389 g/mol. The van der Waals surface area contributed by atoms with Crippen molar-refractivity contribution < 1.29 is 15.0 Å². The maximum atomic E-state index is 12.4. The summed E-state index contributed by atoms with van der Waals surface area (Å²) in [4.78, 5) is 13.9. The first-order valence-corrected chi connectivity index (χ1v) is 10.0. The number of rotatable bonds is 8. The molecule has 4 nitrogen and oxygen atoms in total. The quantitative estimate of drug-likeness (QED) is 0.503. The molecule has 1 unspecified atom stereocenters. The highest BCUT2D eigenvalue weighted by molar-refractivity contribution is 5.93. The zero-order valence-electron chi connectivity index (χ0n) is 16.7. The van der Waals surface area contributed by atoms with E-state index in [1.165, 1.54) is 4.90 Å². The Hall–Kier alpha value is -3.11. The van der Waals surface area contributed by atoms with Crippen molar-refractivity contribution in [2.45, 2.75) is 32.2 Å². The molecule has 0 heterocycles. The van der Waals surface area contributed by atoms with Crippen molar-refractivity contribution in [3.05, 3.63) is 90.0 Å². The van der Waals surface area contributed by atoms with Gasteiger partial charge in [-0.25, -0.2) is 4.79 Å². The van der Waals surface area contributed by atoms with Crippen LogP contribution in [-0.2, 0) is 6.42 Å². The van der Waals surface area contributed by atoms with Crippen LogP contribution in [0.15, 0.2) is 78.9 Å². The molecule has 0 aliphatic heterocycles. The van der Waals surface area contributed by atoms with Crippen LogP contribution < -0.4 is 4.90 Å². The van der Waals surface area contributed by atoms with E-state index in [-0.39, 0.29) is 12.6 Å². The normalized spacial score (nSPS) is 11.8. The molecule has 4 heteroatoms. The highest BCUT2D eigenvalue weighted by atomic mass is 16.4. The third-order valence-corrected chi connectivity index (χ3v) is 5.09. The largest absolute Gasteiger partial charge is 0.465 e. The van der Waals surface area contributed by atoms with Crippen molar-refractivity contribution >= 4 is 11.8 Å². The SMILES string of the molecule is CCCC(c1ccc(CCO)cc1)N(C(=O)O)c1ccccc1-c1ccccc1. The number of benzene rings is 3. The molecule has 0 bridgehead atoms. The van der Waals surface area contributed by atoms with Crippen LogP contribution in [0.25, 0.3) is 11.1 Å². The molecule has 1 amide bonds. The van der Waals surface area contributed by atoms with E-state index in [1.54, 1.807) is 0 Å². The van der Waals surface area contributed by atoms with Gasteiger partial charge in [-0.05, 0) is 35.6 Å². The van der Waals surface area contributed by atoms with Gasteiger partial charge in [0.15, 0.2) is 0 Å². The number of hydrogen-bond acceptors (Lipinski definition) is 2. The molecule has 29 heavy (non-hydrogen) atoms. The first-order valence-electron chi connectivity index (χ1n) is 10.0. The predicted molar refractivity (Wildman–Crippen MR) is 117 cm³/mol. The molecule has 0 aliphatic carbocycles. The number of amides is 1. The van der Waals surface area contributed by atoms with E-state index >= 15 is 0 Å². The van der Waals surface area contributed by atoms with E-state index < -0.39 is 6.09 Å².